The van der Waals surface area contributed by atoms with Gasteiger partial charge in [0.05, 0.1) is 11.6 Å². The number of carbonyl (C=O) groups excluding carboxylic acids is 1. The van der Waals surface area contributed by atoms with Crippen molar-refractivity contribution in [2.75, 3.05) is 18.6 Å². The molecule has 16 heavy (non-hydrogen) atoms. The smallest absolute Gasteiger partial charge is 0.213 e. The van der Waals surface area contributed by atoms with E-state index in [-0.39, 0.29) is 32.9 Å². The SMILES string of the molecule is CN1C(=O)C([NH-])COc2cc(Cl)cnc21.[Pd]. The molecule has 0 spiro atoms. The maximum absolute atomic E-state index is 11.6. The number of nitrogens with one attached hydrogen (secondary N) is 1. The number of ether oxygens (including phenoxy) is 1. The van der Waals surface area contributed by atoms with Crippen LogP contribution in [0.3, 0.4) is 0 Å². The fourth-order valence-corrected chi connectivity index (χ4v) is 1.50. The van der Waals surface area contributed by atoms with E-state index < -0.39 is 6.04 Å². The van der Waals surface area contributed by atoms with E-state index in [1.165, 1.54) is 11.1 Å². The van der Waals surface area contributed by atoms with Crippen molar-refractivity contribution in [3.05, 3.63) is 23.0 Å². The second kappa shape index (κ2) is 5.11. The molecule has 1 aliphatic rings. The van der Waals surface area contributed by atoms with Gasteiger partial charge in [-0.15, -0.1) is 0 Å². The fraction of sp³-hybridized carbons (Fsp3) is 0.333. The number of aromatic nitrogens is 1. The third kappa shape index (κ3) is 2.36. The number of rotatable bonds is 0. The molecule has 0 saturated carbocycles. The number of amides is 1. The number of likely N-dealkylation sites (N-methyl/N-ethyl adjacent to an activating group) is 1. The van der Waals surface area contributed by atoms with E-state index in [0.29, 0.717) is 16.6 Å². The van der Waals surface area contributed by atoms with Crippen molar-refractivity contribution in [2.45, 2.75) is 6.04 Å². The summed E-state index contributed by atoms with van der Waals surface area (Å²) in [5.74, 6) is 0.510. The van der Waals surface area contributed by atoms with Crippen LogP contribution in [0.15, 0.2) is 12.3 Å². The number of carbonyl (C=O) groups is 1. The molecule has 0 fully saturated rings. The number of hydrogen-bond acceptors (Lipinski definition) is 3. The topological polar surface area (TPSA) is 66.2 Å². The van der Waals surface area contributed by atoms with Gasteiger partial charge < -0.3 is 10.5 Å². The fourth-order valence-electron chi connectivity index (χ4n) is 1.35. The summed E-state index contributed by atoms with van der Waals surface area (Å²) >= 11 is 5.76. The molecule has 1 N–H and O–H groups in total. The molecule has 2 heterocycles. The summed E-state index contributed by atoms with van der Waals surface area (Å²) in [5, 5.41) is 0.443. The largest absolute Gasteiger partial charge is 0.664 e. The van der Waals surface area contributed by atoms with Crippen LogP contribution < -0.4 is 9.64 Å². The molecule has 1 amide bonds. The van der Waals surface area contributed by atoms with E-state index in [4.69, 9.17) is 22.1 Å². The zero-order chi connectivity index (χ0) is 11.0. The van der Waals surface area contributed by atoms with Gasteiger partial charge in [-0.2, -0.15) is 0 Å². The summed E-state index contributed by atoms with van der Waals surface area (Å²) in [4.78, 5) is 16.9. The van der Waals surface area contributed by atoms with Crippen molar-refractivity contribution >= 4 is 23.3 Å². The summed E-state index contributed by atoms with van der Waals surface area (Å²) in [6.45, 7) is 0.0260. The Bertz CT molecular complexity index is 416. The van der Waals surface area contributed by atoms with Gasteiger partial charge in [-0.05, 0) is 6.04 Å². The van der Waals surface area contributed by atoms with E-state index in [1.807, 2.05) is 0 Å². The van der Waals surface area contributed by atoms with Crippen LogP contribution in [-0.4, -0.2) is 30.6 Å². The summed E-state index contributed by atoms with van der Waals surface area (Å²) in [5.41, 5.74) is 7.50. The van der Waals surface area contributed by atoms with Crippen molar-refractivity contribution in [3.8, 4) is 5.75 Å². The minimum absolute atomic E-state index is 0. The predicted octanol–water partition coefficient (Wildman–Crippen LogP) is 1.51. The van der Waals surface area contributed by atoms with Crippen molar-refractivity contribution in [3.63, 3.8) is 0 Å². The van der Waals surface area contributed by atoms with E-state index in [9.17, 15) is 4.79 Å². The number of anilines is 1. The Hall–Kier alpha value is -0.668. The normalized spacial score (nSPS) is 19.3. The molecular weight excluding hydrogens is 324 g/mol. The molecule has 1 aromatic heterocycles. The molecule has 1 aromatic rings. The van der Waals surface area contributed by atoms with E-state index in [2.05, 4.69) is 4.98 Å². The van der Waals surface area contributed by atoms with Gasteiger partial charge in [0, 0.05) is 39.7 Å². The summed E-state index contributed by atoms with van der Waals surface area (Å²) in [7, 11) is 1.57. The predicted molar refractivity (Wildman–Crippen MR) is 56.3 cm³/mol. The average molecular weight is 333 g/mol. The first-order valence-electron chi connectivity index (χ1n) is 4.36. The minimum Gasteiger partial charge on any atom is -0.664 e. The van der Waals surface area contributed by atoms with Gasteiger partial charge >= 0.3 is 0 Å². The maximum Gasteiger partial charge on any atom is 0.213 e. The van der Waals surface area contributed by atoms with Crippen LogP contribution in [0.1, 0.15) is 0 Å². The van der Waals surface area contributed by atoms with Gasteiger partial charge in [0.1, 0.15) is 0 Å². The van der Waals surface area contributed by atoms with Gasteiger partial charge in [0.2, 0.25) is 5.91 Å². The Morgan fingerprint density at radius 3 is 3.06 bits per heavy atom. The van der Waals surface area contributed by atoms with Gasteiger partial charge in [-0.3, -0.25) is 9.69 Å². The first-order chi connectivity index (χ1) is 7.09. The second-order valence-corrected chi connectivity index (χ2v) is 3.67. The molecule has 1 aliphatic heterocycles. The summed E-state index contributed by atoms with van der Waals surface area (Å²) in [6, 6.07) is 0.675. The van der Waals surface area contributed by atoms with Gasteiger partial charge in [0.15, 0.2) is 11.6 Å². The minimum atomic E-state index is -0.914. The molecule has 1 atom stereocenters. The van der Waals surface area contributed by atoms with Crippen LogP contribution in [0.25, 0.3) is 5.73 Å². The molecule has 0 saturated heterocycles. The number of hydrogen-bond donors (Lipinski definition) is 0. The molecule has 0 aromatic carbocycles. The third-order valence-corrected chi connectivity index (χ3v) is 2.36. The van der Waals surface area contributed by atoms with E-state index >= 15 is 0 Å². The average Bonchev–Trinajstić information content (AvgIpc) is 2.32. The quantitative estimate of drug-likeness (QED) is 0.676. The van der Waals surface area contributed by atoms with Gasteiger partial charge in [0.25, 0.3) is 0 Å². The molecule has 0 bridgehead atoms. The molecule has 7 heteroatoms. The zero-order valence-electron chi connectivity index (χ0n) is 8.34. The zero-order valence-corrected chi connectivity index (χ0v) is 10.7. The van der Waals surface area contributed by atoms with Crippen LogP contribution in [0.4, 0.5) is 5.82 Å². The van der Waals surface area contributed by atoms with Gasteiger partial charge in [-0.25, -0.2) is 4.98 Å². The molecule has 0 aliphatic carbocycles. The first-order valence-corrected chi connectivity index (χ1v) is 4.74. The standard InChI is InChI=1S/C9H9ClN3O2.Pd/c1-13-8-7(2-5(10)3-12-8)15-4-6(11)9(13)14;/h2-3,6,11H,4H2,1H3;/q-1;. The van der Waals surface area contributed by atoms with Crippen molar-refractivity contribution < 1.29 is 30.0 Å². The van der Waals surface area contributed by atoms with E-state index in [1.54, 1.807) is 13.1 Å². The van der Waals surface area contributed by atoms with Crippen LogP contribution in [0, 0.1) is 0 Å². The Morgan fingerprint density at radius 2 is 2.38 bits per heavy atom. The van der Waals surface area contributed by atoms with Crippen molar-refractivity contribution in [2.24, 2.45) is 0 Å². The number of fused-ring (bicyclic) bond motifs is 1. The second-order valence-electron chi connectivity index (χ2n) is 3.24. The van der Waals surface area contributed by atoms with Crippen LogP contribution >= 0.6 is 11.6 Å². The third-order valence-electron chi connectivity index (χ3n) is 2.15. The first kappa shape index (κ1) is 13.4. The Morgan fingerprint density at radius 1 is 1.69 bits per heavy atom. The molecule has 2 rings (SSSR count). The number of pyridine rings is 1. The Kier molecular flexibility index (Phi) is 4.28. The molecule has 1 unspecified atom stereocenters. The Balaban J connectivity index is 0.00000128. The maximum atomic E-state index is 11.6. The van der Waals surface area contributed by atoms with Crippen LogP contribution in [0.5, 0.6) is 5.75 Å². The van der Waals surface area contributed by atoms with Gasteiger partial charge in [-0.1, -0.05) is 11.6 Å². The summed E-state index contributed by atoms with van der Waals surface area (Å²) in [6.07, 6.45) is 1.44. The molecule has 90 valence electrons. The van der Waals surface area contributed by atoms with Crippen molar-refractivity contribution in [1.29, 1.82) is 0 Å². The Labute approximate surface area is 112 Å². The number of nitrogens with zero attached hydrogens (tertiary/aromatic N) is 2. The van der Waals surface area contributed by atoms with E-state index in [0.717, 1.165) is 0 Å². The summed E-state index contributed by atoms with van der Waals surface area (Å²) < 4.78 is 5.29. The molecule has 5 nitrogen and oxygen atoms in total. The molecular formula is C9H9ClN3O2Pd-. The monoisotopic (exact) mass is 332 g/mol. The van der Waals surface area contributed by atoms with Crippen molar-refractivity contribution in [1.82, 2.24) is 4.98 Å². The number of halogens is 1. The van der Waals surface area contributed by atoms with Crippen LogP contribution in [0.2, 0.25) is 5.02 Å². The molecule has 0 radical (unpaired) electrons. The van der Waals surface area contributed by atoms with Crippen LogP contribution in [-0.2, 0) is 25.2 Å².